The molecule has 2 aromatic carbocycles. The quantitative estimate of drug-likeness (QED) is 0.675. The van der Waals surface area contributed by atoms with E-state index >= 15 is 0 Å². The van der Waals surface area contributed by atoms with Gasteiger partial charge in [0.25, 0.3) is 0 Å². The molecule has 4 nitrogen and oxygen atoms in total. The number of hydrogen-bond donors (Lipinski definition) is 2. The smallest absolute Gasteiger partial charge is 0.229 e. The Morgan fingerprint density at radius 2 is 1.82 bits per heavy atom. The molecule has 1 heterocycles. The first-order valence-corrected chi connectivity index (χ1v) is 7.29. The molecular weight excluding hydrogens is 296 g/mol. The van der Waals surface area contributed by atoms with Gasteiger partial charge in [0.1, 0.15) is 5.82 Å². The first kappa shape index (κ1) is 14.4. The van der Waals surface area contributed by atoms with Crippen LogP contribution in [0.3, 0.4) is 0 Å². The minimum absolute atomic E-state index is 0.498. The second-order valence-electron chi connectivity index (χ2n) is 4.69. The van der Waals surface area contributed by atoms with Gasteiger partial charge in [0, 0.05) is 11.9 Å². The van der Waals surface area contributed by atoms with Crippen molar-refractivity contribution in [3.8, 4) is 0 Å². The van der Waals surface area contributed by atoms with Gasteiger partial charge in [-0.2, -0.15) is 4.98 Å². The second kappa shape index (κ2) is 6.45. The molecule has 1 aromatic heterocycles. The first-order chi connectivity index (χ1) is 10.8. The van der Waals surface area contributed by atoms with Gasteiger partial charge in [0.15, 0.2) is 0 Å². The van der Waals surface area contributed by atoms with Crippen molar-refractivity contribution in [3.05, 3.63) is 66.2 Å². The Bertz CT molecular complexity index is 817. The van der Waals surface area contributed by atoms with Gasteiger partial charge < -0.3 is 10.6 Å². The summed E-state index contributed by atoms with van der Waals surface area (Å²) in [4.78, 5) is 9.07. The maximum absolute atomic E-state index is 6.17. The van der Waals surface area contributed by atoms with Crippen LogP contribution in [0.2, 0.25) is 5.02 Å². The third-order valence-electron chi connectivity index (χ3n) is 3.14. The Balaban J connectivity index is 2.02. The largest absolute Gasteiger partial charge is 0.366 e. The molecule has 0 fully saturated rings. The number of aromatic nitrogens is 2. The number of fused-ring (bicyclic) bond motifs is 1. The Morgan fingerprint density at radius 3 is 2.64 bits per heavy atom. The summed E-state index contributed by atoms with van der Waals surface area (Å²) in [6.07, 6.45) is 1.79. The van der Waals surface area contributed by atoms with Gasteiger partial charge in [-0.15, -0.1) is 6.58 Å². The summed E-state index contributed by atoms with van der Waals surface area (Å²) < 4.78 is 0. The molecule has 0 aliphatic carbocycles. The summed E-state index contributed by atoms with van der Waals surface area (Å²) >= 11 is 6.17. The summed E-state index contributed by atoms with van der Waals surface area (Å²) in [5.41, 5.74) is 1.63. The van der Waals surface area contributed by atoms with E-state index in [4.69, 9.17) is 11.6 Å². The van der Waals surface area contributed by atoms with E-state index in [-0.39, 0.29) is 0 Å². The number of rotatable bonds is 5. The van der Waals surface area contributed by atoms with Gasteiger partial charge in [0.2, 0.25) is 5.95 Å². The minimum atomic E-state index is 0.498. The summed E-state index contributed by atoms with van der Waals surface area (Å²) in [5, 5.41) is 7.99. The number of para-hydroxylation sites is 2. The zero-order valence-corrected chi connectivity index (χ0v) is 12.6. The SMILES string of the molecule is C=CCNc1nc(Nc2ccccc2Cl)nc2ccccc12. The topological polar surface area (TPSA) is 49.8 Å². The lowest BCUT2D eigenvalue weighted by atomic mass is 10.2. The van der Waals surface area contributed by atoms with E-state index in [1.54, 1.807) is 6.08 Å². The van der Waals surface area contributed by atoms with Gasteiger partial charge in [-0.05, 0) is 24.3 Å². The predicted molar refractivity (Wildman–Crippen MR) is 93.0 cm³/mol. The molecule has 3 aromatic rings. The molecule has 22 heavy (non-hydrogen) atoms. The zero-order valence-electron chi connectivity index (χ0n) is 11.9. The molecule has 0 bridgehead atoms. The van der Waals surface area contributed by atoms with Crippen molar-refractivity contribution in [3.63, 3.8) is 0 Å². The third-order valence-corrected chi connectivity index (χ3v) is 3.47. The van der Waals surface area contributed by atoms with Crippen molar-refractivity contribution < 1.29 is 0 Å². The van der Waals surface area contributed by atoms with Crippen LogP contribution in [0.4, 0.5) is 17.5 Å². The normalized spacial score (nSPS) is 10.4. The fourth-order valence-corrected chi connectivity index (χ4v) is 2.30. The molecule has 0 aliphatic rings. The molecule has 0 amide bonds. The van der Waals surface area contributed by atoms with E-state index in [0.29, 0.717) is 17.5 Å². The van der Waals surface area contributed by atoms with Crippen molar-refractivity contribution in [2.75, 3.05) is 17.2 Å². The van der Waals surface area contributed by atoms with E-state index in [0.717, 1.165) is 22.4 Å². The van der Waals surface area contributed by atoms with E-state index in [2.05, 4.69) is 27.2 Å². The molecule has 110 valence electrons. The van der Waals surface area contributed by atoms with Crippen LogP contribution in [0.25, 0.3) is 10.9 Å². The van der Waals surface area contributed by atoms with Gasteiger partial charge >= 0.3 is 0 Å². The number of nitrogens with zero attached hydrogens (tertiary/aromatic N) is 2. The highest BCUT2D eigenvalue weighted by Crippen LogP contribution is 2.26. The lowest BCUT2D eigenvalue weighted by Crippen LogP contribution is -2.05. The number of benzene rings is 2. The fourth-order valence-electron chi connectivity index (χ4n) is 2.12. The molecule has 0 saturated heterocycles. The van der Waals surface area contributed by atoms with Crippen molar-refractivity contribution in [1.29, 1.82) is 0 Å². The van der Waals surface area contributed by atoms with Crippen molar-refractivity contribution >= 4 is 40.0 Å². The van der Waals surface area contributed by atoms with Crippen LogP contribution in [0, 0.1) is 0 Å². The predicted octanol–water partition coefficient (Wildman–Crippen LogP) is 4.62. The first-order valence-electron chi connectivity index (χ1n) is 6.91. The molecule has 2 N–H and O–H groups in total. The standard InChI is InChI=1S/C17H15ClN4/c1-2-11-19-16-12-7-3-5-9-14(12)20-17(22-16)21-15-10-6-4-8-13(15)18/h2-10H,1,11H2,(H2,19,20,21,22). The van der Waals surface area contributed by atoms with Crippen molar-refractivity contribution in [2.24, 2.45) is 0 Å². The number of nitrogens with one attached hydrogen (secondary N) is 2. The lowest BCUT2D eigenvalue weighted by Gasteiger charge is -2.11. The van der Waals surface area contributed by atoms with Crippen LogP contribution in [-0.2, 0) is 0 Å². The van der Waals surface area contributed by atoms with Crippen LogP contribution in [0.1, 0.15) is 0 Å². The average molecular weight is 311 g/mol. The summed E-state index contributed by atoms with van der Waals surface area (Å²) in [5.74, 6) is 1.26. The molecule has 0 saturated carbocycles. The summed E-state index contributed by atoms with van der Waals surface area (Å²) in [7, 11) is 0. The van der Waals surface area contributed by atoms with Crippen molar-refractivity contribution in [1.82, 2.24) is 9.97 Å². The Labute approximate surface area is 133 Å². The molecule has 0 spiro atoms. The fraction of sp³-hybridized carbons (Fsp3) is 0.0588. The number of halogens is 1. The highest BCUT2D eigenvalue weighted by molar-refractivity contribution is 6.33. The summed E-state index contributed by atoms with van der Waals surface area (Å²) in [6.45, 7) is 4.35. The Kier molecular flexibility index (Phi) is 4.21. The van der Waals surface area contributed by atoms with Crippen LogP contribution < -0.4 is 10.6 Å². The Hall–Kier alpha value is -2.59. The van der Waals surface area contributed by atoms with Gasteiger partial charge in [-0.25, -0.2) is 4.98 Å². The van der Waals surface area contributed by atoms with Crippen molar-refractivity contribution in [2.45, 2.75) is 0 Å². The molecule has 0 atom stereocenters. The van der Waals surface area contributed by atoms with Gasteiger partial charge in [0.05, 0.1) is 16.2 Å². The highest BCUT2D eigenvalue weighted by atomic mass is 35.5. The van der Waals surface area contributed by atoms with Crippen LogP contribution in [-0.4, -0.2) is 16.5 Å². The van der Waals surface area contributed by atoms with Crippen LogP contribution >= 0.6 is 11.6 Å². The van der Waals surface area contributed by atoms with E-state index in [9.17, 15) is 0 Å². The average Bonchev–Trinajstić information content (AvgIpc) is 2.55. The molecule has 5 heteroatoms. The second-order valence-corrected chi connectivity index (χ2v) is 5.09. The van der Waals surface area contributed by atoms with Crippen LogP contribution in [0.5, 0.6) is 0 Å². The van der Waals surface area contributed by atoms with Crippen LogP contribution in [0.15, 0.2) is 61.2 Å². The maximum atomic E-state index is 6.17. The van der Waals surface area contributed by atoms with E-state index in [1.165, 1.54) is 0 Å². The Morgan fingerprint density at radius 1 is 1.05 bits per heavy atom. The molecule has 0 unspecified atom stereocenters. The molecule has 3 rings (SSSR count). The molecular formula is C17H15ClN4. The van der Waals surface area contributed by atoms with Gasteiger partial charge in [-0.1, -0.05) is 41.9 Å². The molecule has 0 aliphatic heterocycles. The van der Waals surface area contributed by atoms with E-state index < -0.39 is 0 Å². The number of hydrogen-bond acceptors (Lipinski definition) is 4. The molecule has 0 radical (unpaired) electrons. The lowest BCUT2D eigenvalue weighted by molar-refractivity contribution is 1.18. The summed E-state index contributed by atoms with van der Waals surface area (Å²) in [6, 6.07) is 15.4. The minimum Gasteiger partial charge on any atom is -0.366 e. The number of anilines is 3. The monoisotopic (exact) mass is 310 g/mol. The highest BCUT2D eigenvalue weighted by Gasteiger charge is 2.08. The maximum Gasteiger partial charge on any atom is 0.229 e. The zero-order chi connectivity index (χ0) is 15.4. The van der Waals surface area contributed by atoms with Gasteiger partial charge in [-0.3, -0.25) is 0 Å². The van der Waals surface area contributed by atoms with E-state index in [1.807, 2.05) is 48.5 Å². The third kappa shape index (κ3) is 3.02.